The SMILES string of the molecule is CCCn1ccnc(NCCOCC2CC2)c1=O. The first-order valence-corrected chi connectivity index (χ1v) is 6.68. The number of anilines is 1. The zero-order chi connectivity index (χ0) is 12.8. The molecule has 0 saturated heterocycles. The maximum atomic E-state index is 11.9. The normalized spacial score (nSPS) is 14.7. The predicted molar refractivity (Wildman–Crippen MR) is 70.8 cm³/mol. The summed E-state index contributed by atoms with van der Waals surface area (Å²) < 4.78 is 7.18. The van der Waals surface area contributed by atoms with Crippen LogP contribution in [-0.4, -0.2) is 29.3 Å². The van der Waals surface area contributed by atoms with Crippen LogP contribution in [0.25, 0.3) is 0 Å². The second-order valence-electron chi connectivity index (χ2n) is 4.72. The average molecular weight is 251 g/mol. The van der Waals surface area contributed by atoms with Crippen LogP contribution in [0.15, 0.2) is 17.2 Å². The molecule has 100 valence electrons. The van der Waals surface area contributed by atoms with Gasteiger partial charge < -0.3 is 14.6 Å². The Hall–Kier alpha value is -1.36. The van der Waals surface area contributed by atoms with Gasteiger partial charge in [-0.1, -0.05) is 6.92 Å². The summed E-state index contributed by atoms with van der Waals surface area (Å²) in [6, 6.07) is 0. The highest BCUT2D eigenvalue weighted by Gasteiger charge is 2.20. The van der Waals surface area contributed by atoms with Crippen LogP contribution in [0, 0.1) is 5.92 Å². The molecule has 18 heavy (non-hydrogen) atoms. The smallest absolute Gasteiger partial charge is 0.293 e. The van der Waals surface area contributed by atoms with Gasteiger partial charge in [-0.2, -0.15) is 0 Å². The average Bonchev–Trinajstić information content (AvgIpc) is 3.17. The van der Waals surface area contributed by atoms with Gasteiger partial charge in [0.2, 0.25) is 0 Å². The third-order valence-corrected chi connectivity index (χ3v) is 2.97. The summed E-state index contributed by atoms with van der Waals surface area (Å²) in [6.07, 6.45) is 6.92. The minimum Gasteiger partial charge on any atom is -0.379 e. The van der Waals surface area contributed by atoms with Gasteiger partial charge in [0.15, 0.2) is 5.82 Å². The van der Waals surface area contributed by atoms with E-state index >= 15 is 0 Å². The molecule has 0 aromatic carbocycles. The Bertz CT molecular complexity index is 426. The van der Waals surface area contributed by atoms with Crippen molar-refractivity contribution in [1.82, 2.24) is 9.55 Å². The number of nitrogens with one attached hydrogen (secondary N) is 1. The quantitative estimate of drug-likeness (QED) is 0.711. The second kappa shape index (κ2) is 6.54. The number of aryl methyl sites for hydroxylation is 1. The Morgan fingerprint density at radius 2 is 2.39 bits per heavy atom. The van der Waals surface area contributed by atoms with E-state index in [1.165, 1.54) is 12.8 Å². The van der Waals surface area contributed by atoms with Gasteiger partial charge in [0.05, 0.1) is 6.61 Å². The number of aromatic nitrogens is 2. The van der Waals surface area contributed by atoms with E-state index in [1.807, 2.05) is 6.92 Å². The van der Waals surface area contributed by atoms with Crippen LogP contribution >= 0.6 is 0 Å². The predicted octanol–water partition coefficient (Wildman–Crippen LogP) is 1.49. The zero-order valence-electron chi connectivity index (χ0n) is 10.9. The molecule has 0 amide bonds. The van der Waals surface area contributed by atoms with Gasteiger partial charge in [0.1, 0.15) is 0 Å². The number of nitrogens with zero attached hydrogens (tertiary/aromatic N) is 2. The van der Waals surface area contributed by atoms with Crippen LogP contribution in [0.5, 0.6) is 0 Å². The summed E-state index contributed by atoms with van der Waals surface area (Å²) in [4.78, 5) is 16.0. The second-order valence-corrected chi connectivity index (χ2v) is 4.72. The molecule has 0 spiro atoms. The van der Waals surface area contributed by atoms with Crippen molar-refractivity contribution in [1.29, 1.82) is 0 Å². The molecule has 1 saturated carbocycles. The van der Waals surface area contributed by atoms with Crippen molar-refractivity contribution < 1.29 is 4.74 Å². The van der Waals surface area contributed by atoms with Gasteiger partial charge in [-0.15, -0.1) is 0 Å². The molecule has 0 atom stereocenters. The largest absolute Gasteiger partial charge is 0.379 e. The zero-order valence-corrected chi connectivity index (χ0v) is 10.9. The van der Waals surface area contributed by atoms with Gasteiger partial charge in [0.25, 0.3) is 5.56 Å². The van der Waals surface area contributed by atoms with Crippen LogP contribution in [0.4, 0.5) is 5.82 Å². The molecule has 2 rings (SSSR count). The van der Waals surface area contributed by atoms with Gasteiger partial charge in [-0.3, -0.25) is 4.79 Å². The van der Waals surface area contributed by atoms with Crippen molar-refractivity contribution in [3.63, 3.8) is 0 Å². The number of rotatable bonds is 8. The molecule has 1 aromatic heterocycles. The number of hydrogen-bond donors (Lipinski definition) is 1. The number of hydrogen-bond acceptors (Lipinski definition) is 4. The van der Waals surface area contributed by atoms with E-state index in [1.54, 1.807) is 17.0 Å². The Morgan fingerprint density at radius 3 is 3.11 bits per heavy atom. The fourth-order valence-corrected chi connectivity index (χ4v) is 1.76. The fourth-order valence-electron chi connectivity index (χ4n) is 1.76. The van der Waals surface area contributed by atoms with Crippen molar-refractivity contribution in [3.8, 4) is 0 Å². The highest BCUT2D eigenvalue weighted by Crippen LogP contribution is 2.28. The summed E-state index contributed by atoms with van der Waals surface area (Å²) in [5.41, 5.74) is -0.0541. The molecule has 0 aliphatic heterocycles. The summed E-state index contributed by atoms with van der Waals surface area (Å²) in [7, 11) is 0. The standard InChI is InChI=1S/C13H21N3O2/c1-2-7-16-8-5-14-12(13(16)17)15-6-9-18-10-11-3-4-11/h5,8,11H,2-4,6-7,9-10H2,1H3,(H,14,15). The molecule has 1 aromatic rings. The maximum Gasteiger partial charge on any atom is 0.293 e. The van der Waals surface area contributed by atoms with Gasteiger partial charge in [0, 0.05) is 32.1 Å². The summed E-state index contributed by atoms with van der Waals surface area (Å²) in [5.74, 6) is 1.20. The summed E-state index contributed by atoms with van der Waals surface area (Å²) >= 11 is 0. The lowest BCUT2D eigenvalue weighted by atomic mass is 10.4. The molecule has 1 fully saturated rings. The van der Waals surface area contributed by atoms with E-state index in [4.69, 9.17) is 4.74 Å². The van der Waals surface area contributed by atoms with Crippen LogP contribution in [-0.2, 0) is 11.3 Å². The molecule has 1 N–H and O–H groups in total. The molecular weight excluding hydrogens is 230 g/mol. The molecule has 5 heteroatoms. The first kappa shape index (κ1) is 13.1. The molecule has 0 bridgehead atoms. The van der Waals surface area contributed by atoms with E-state index in [-0.39, 0.29) is 5.56 Å². The Kier molecular flexibility index (Phi) is 4.75. The van der Waals surface area contributed by atoms with Crippen molar-refractivity contribution in [3.05, 3.63) is 22.7 Å². The van der Waals surface area contributed by atoms with Crippen molar-refractivity contribution >= 4 is 5.82 Å². The molecule has 5 nitrogen and oxygen atoms in total. The third kappa shape index (κ3) is 3.84. The molecule has 1 heterocycles. The van der Waals surface area contributed by atoms with Crippen molar-refractivity contribution in [2.24, 2.45) is 5.92 Å². The maximum absolute atomic E-state index is 11.9. The van der Waals surface area contributed by atoms with Crippen LogP contribution < -0.4 is 10.9 Å². The van der Waals surface area contributed by atoms with E-state index in [0.717, 1.165) is 25.5 Å². The van der Waals surface area contributed by atoms with E-state index in [0.29, 0.717) is 19.0 Å². The number of ether oxygens (including phenoxy) is 1. The minimum absolute atomic E-state index is 0.0541. The van der Waals surface area contributed by atoms with E-state index in [9.17, 15) is 4.79 Å². The summed E-state index contributed by atoms with van der Waals surface area (Å²) in [5, 5.41) is 3.04. The van der Waals surface area contributed by atoms with Crippen LogP contribution in [0.1, 0.15) is 26.2 Å². The first-order valence-electron chi connectivity index (χ1n) is 6.68. The molecular formula is C13H21N3O2. The van der Waals surface area contributed by atoms with E-state index in [2.05, 4.69) is 10.3 Å². The van der Waals surface area contributed by atoms with Gasteiger partial charge in [-0.05, 0) is 25.2 Å². The Labute approximate surface area is 107 Å². The molecule has 1 aliphatic carbocycles. The summed E-state index contributed by atoms with van der Waals surface area (Å²) in [6.45, 7) is 4.88. The molecule has 1 aliphatic rings. The van der Waals surface area contributed by atoms with Gasteiger partial charge >= 0.3 is 0 Å². The lowest BCUT2D eigenvalue weighted by Gasteiger charge is -2.08. The molecule has 0 radical (unpaired) electrons. The highest BCUT2D eigenvalue weighted by molar-refractivity contribution is 5.30. The minimum atomic E-state index is -0.0541. The van der Waals surface area contributed by atoms with Crippen molar-refractivity contribution in [2.45, 2.75) is 32.7 Å². The van der Waals surface area contributed by atoms with Crippen LogP contribution in [0.3, 0.4) is 0 Å². The third-order valence-electron chi connectivity index (χ3n) is 2.97. The van der Waals surface area contributed by atoms with Crippen LogP contribution in [0.2, 0.25) is 0 Å². The van der Waals surface area contributed by atoms with Gasteiger partial charge in [-0.25, -0.2) is 4.98 Å². The monoisotopic (exact) mass is 251 g/mol. The lowest BCUT2D eigenvalue weighted by Crippen LogP contribution is -2.25. The Balaban J connectivity index is 1.76. The topological polar surface area (TPSA) is 56.1 Å². The van der Waals surface area contributed by atoms with E-state index < -0.39 is 0 Å². The highest BCUT2D eigenvalue weighted by atomic mass is 16.5. The Morgan fingerprint density at radius 1 is 1.56 bits per heavy atom. The lowest BCUT2D eigenvalue weighted by molar-refractivity contribution is 0.134. The first-order chi connectivity index (χ1) is 8.81. The fraction of sp³-hybridized carbons (Fsp3) is 0.692. The van der Waals surface area contributed by atoms with Crippen molar-refractivity contribution in [2.75, 3.05) is 25.1 Å². The molecule has 0 unspecified atom stereocenters.